The molecule has 2 rings (SSSR count). The maximum absolute atomic E-state index is 11.3. The van der Waals surface area contributed by atoms with Gasteiger partial charge in [-0.05, 0) is 25.1 Å². The van der Waals surface area contributed by atoms with Crippen LogP contribution >= 0.6 is 23.2 Å². The fourth-order valence-corrected chi connectivity index (χ4v) is 1.94. The van der Waals surface area contributed by atoms with Gasteiger partial charge in [0.15, 0.2) is 5.78 Å². The first kappa shape index (κ1) is 13.8. The van der Waals surface area contributed by atoms with Gasteiger partial charge < -0.3 is 0 Å². The Bertz CT molecular complexity index is 636. The van der Waals surface area contributed by atoms with Crippen molar-refractivity contribution in [2.45, 2.75) is 6.92 Å². The molecule has 2 aromatic carbocycles. The third-order valence-corrected chi connectivity index (χ3v) is 3.21. The molecule has 0 saturated heterocycles. The molecule has 2 aromatic rings. The summed E-state index contributed by atoms with van der Waals surface area (Å²) in [6.45, 7) is 1.50. The van der Waals surface area contributed by atoms with Crippen LogP contribution in [0.15, 0.2) is 53.5 Å². The lowest BCUT2D eigenvalue weighted by Crippen LogP contribution is -1.93. The Morgan fingerprint density at radius 1 is 1.05 bits per heavy atom. The minimum atomic E-state index is -0.0380. The van der Waals surface area contributed by atoms with Gasteiger partial charge in [0.1, 0.15) is 5.17 Å². The summed E-state index contributed by atoms with van der Waals surface area (Å²) in [7, 11) is 0. The zero-order valence-corrected chi connectivity index (χ0v) is 11.7. The van der Waals surface area contributed by atoms with Crippen LogP contribution in [-0.2, 0) is 0 Å². The van der Waals surface area contributed by atoms with E-state index in [1.165, 1.54) is 6.92 Å². The molecule has 0 unspecified atom stereocenters. The van der Waals surface area contributed by atoms with E-state index in [-0.39, 0.29) is 5.78 Å². The first-order valence-electron chi connectivity index (χ1n) is 5.68. The van der Waals surface area contributed by atoms with Crippen molar-refractivity contribution in [3.8, 4) is 0 Å². The maximum Gasteiger partial charge on any atom is 0.159 e. The molecule has 19 heavy (non-hydrogen) atoms. The molecule has 0 saturated carbocycles. The first-order valence-corrected chi connectivity index (χ1v) is 6.43. The Morgan fingerprint density at radius 3 is 2.37 bits per heavy atom. The lowest BCUT2D eigenvalue weighted by Gasteiger charge is -2.03. The van der Waals surface area contributed by atoms with Crippen molar-refractivity contribution in [1.82, 2.24) is 0 Å². The number of carbonyl (C=O) groups is 1. The predicted molar refractivity (Wildman–Crippen MR) is 79.9 cm³/mol. The monoisotopic (exact) mass is 291 g/mol. The summed E-state index contributed by atoms with van der Waals surface area (Å²) in [4.78, 5) is 15.6. The van der Waals surface area contributed by atoms with Gasteiger partial charge in [0.05, 0.1) is 10.7 Å². The Kier molecular flexibility index (Phi) is 4.35. The molecule has 0 aliphatic heterocycles. The third-order valence-electron chi connectivity index (χ3n) is 2.58. The molecular weight excluding hydrogens is 281 g/mol. The van der Waals surface area contributed by atoms with E-state index in [4.69, 9.17) is 23.2 Å². The van der Waals surface area contributed by atoms with Crippen LogP contribution in [-0.4, -0.2) is 11.0 Å². The van der Waals surface area contributed by atoms with Crippen LogP contribution < -0.4 is 0 Å². The van der Waals surface area contributed by atoms with E-state index in [0.29, 0.717) is 21.4 Å². The molecular formula is C15H11Cl2NO. The molecule has 0 radical (unpaired) electrons. The summed E-state index contributed by atoms with van der Waals surface area (Å²) in [6.07, 6.45) is 0. The second-order valence-corrected chi connectivity index (χ2v) is 4.76. The number of aliphatic imine (C=N–C) groups is 1. The molecule has 0 fully saturated rings. The van der Waals surface area contributed by atoms with E-state index in [9.17, 15) is 4.79 Å². The van der Waals surface area contributed by atoms with Crippen LogP contribution in [0.25, 0.3) is 0 Å². The second kappa shape index (κ2) is 6.00. The summed E-state index contributed by atoms with van der Waals surface area (Å²) in [5.41, 5.74) is 1.84. The molecule has 0 aliphatic rings. The zero-order chi connectivity index (χ0) is 13.8. The fraction of sp³-hybridized carbons (Fsp3) is 0.0667. The number of ketones is 1. The number of Topliss-reactive ketones (excluding diaryl/α,β-unsaturated/α-hetero) is 1. The Labute approximate surface area is 121 Å². The summed E-state index contributed by atoms with van der Waals surface area (Å²) in [5.74, 6) is -0.0380. The van der Waals surface area contributed by atoms with Gasteiger partial charge in [-0.15, -0.1) is 0 Å². The number of nitrogens with zero attached hydrogens (tertiary/aromatic N) is 1. The van der Waals surface area contributed by atoms with E-state index < -0.39 is 0 Å². The molecule has 0 atom stereocenters. The van der Waals surface area contributed by atoms with Gasteiger partial charge in [0.2, 0.25) is 0 Å². The van der Waals surface area contributed by atoms with Gasteiger partial charge in [-0.25, -0.2) is 4.99 Å². The molecule has 96 valence electrons. The van der Waals surface area contributed by atoms with Crippen molar-refractivity contribution in [3.05, 3.63) is 64.7 Å². The molecule has 4 heteroatoms. The maximum atomic E-state index is 11.3. The van der Waals surface area contributed by atoms with Crippen molar-refractivity contribution in [2.75, 3.05) is 0 Å². The van der Waals surface area contributed by atoms with Gasteiger partial charge in [-0.2, -0.15) is 0 Å². The van der Waals surface area contributed by atoms with Gasteiger partial charge >= 0.3 is 0 Å². The zero-order valence-electron chi connectivity index (χ0n) is 10.2. The standard InChI is InChI=1S/C15H11Cl2NO/c1-10(19)12-7-8-13(16)14(9-12)18-15(17)11-5-3-2-4-6-11/h2-9H,1H3. The van der Waals surface area contributed by atoms with Crippen LogP contribution in [0.4, 0.5) is 5.69 Å². The van der Waals surface area contributed by atoms with Crippen molar-refractivity contribution >= 4 is 39.8 Å². The van der Waals surface area contributed by atoms with Gasteiger partial charge in [0.25, 0.3) is 0 Å². The van der Waals surface area contributed by atoms with Gasteiger partial charge in [-0.1, -0.05) is 53.5 Å². The highest BCUT2D eigenvalue weighted by Gasteiger charge is 2.06. The Balaban J connectivity index is 2.42. The molecule has 0 N–H and O–H groups in total. The summed E-state index contributed by atoms with van der Waals surface area (Å²) < 4.78 is 0. The van der Waals surface area contributed by atoms with Crippen LogP contribution in [0.2, 0.25) is 5.02 Å². The van der Waals surface area contributed by atoms with Crippen molar-refractivity contribution < 1.29 is 4.79 Å². The normalized spacial score (nSPS) is 11.4. The number of hydrogen-bond donors (Lipinski definition) is 0. The van der Waals surface area contributed by atoms with E-state index >= 15 is 0 Å². The van der Waals surface area contributed by atoms with E-state index in [0.717, 1.165) is 5.56 Å². The topological polar surface area (TPSA) is 29.4 Å². The predicted octanol–water partition coefficient (Wildman–Crippen LogP) is 4.86. The summed E-state index contributed by atoms with van der Waals surface area (Å²) in [6, 6.07) is 14.3. The lowest BCUT2D eigenvalue weighted by molar-refractivity contribution is 0.101. The van der Waals surface area contributed by atoms with Crippen LogP contribution in [0.5, 0.6) is 0 Å². The molecule has 0 heterocycles. The van der Waals surface area contributed by atoms with Gasteiger partial charge in [-0.3, -0.25) is 4.79 Å². The average molecular weight is 292 g/mol. The number of hydrogen-bond acceptors (Lipinski definition) is 2. The first-order chi connectivity index (χ1) is 9.08. The average Bonchev–Trinajstić information content (AvgIpc) is 2.42. The summed E-state index contributed by atoms with van der Waals surface area (Å²) >= 11 is 12.2. The largest absolute Gasteiger partial charge is 0.295 e. The van der Waals surface area contributed by atoms with Crippen molar-refractivity contribution in [2.24, 2.45) is 4.99 Å². The molecule has 0 aliphatic carbocycles. The minimum absolute atomic E-state index is 0.0380. The second-order valence-electron chi connectivity index (χ2n) is 3.99. The molecule has 0 bridgehead atoms. The van der Waals surface area contributed by atoms with Crippen LogP contribution in [0.3, 0.4) is 0 Å². The van der Waals surface area contributed by atoms with E-state index in [2.05, 4.69) is 4.99 Å². The quantitative estimate of drug-likeness (QED) is 0.586. The molecule has 0 amide bonds. The number of halogens is 2. The number of benzene rings is 2. The molecule has 0 spiro atoms. The SMILES string of the molecule is CC(=O)c1ccc(Cl)c(N=C(Cl)c2ccccc2)c1. The minimum Gasteiger partial charge on any atom is -0.295 e. The molecule has 2 nitrogen and oxygen atoms in total. The smallest absolute Gasteiger partial charge is 0.159 e. The van der Waals surface area contributed by atoms with Crippen molar-refractivity contribution in [1.29, 1.82) is 0 Å². The van der Waals surface area contributed by atoms with E-state index in [1.807, 2.05) is 30.3 Å². The highest BCUT2D eigenvalue weighted by molar-refractivity contribution is 6.69. The Morgan fingerprint density at radius 2 is 1.74 bits per heavy atom. The van der Waals surface area contributed by atoms with Crippen molar-refractivity contribution in [3.63, 3.8) is 0 Å². The fourth-order valence-electron chi connectivity index (χ4n) is 1.56. The van der Waals surface area contributed by atoms with E-state index in [1.54, 1.807) is 18.2 Å². The highest BCUT2D eigenvalue weighted by Crippen LogP contribution is 2.27. The molecule has 0 aromatic heterocycles. The number of carbonyl (C=O) groups excluding carboxylic acids is 1. The lowest BCUT2D eigenvalue weighted by atomic mass is 10.1. The number of rotatable bonds is 3. The van der Waals surface area contributed by atoms with Crippen LogP contribution in [0, 0.1) is 0 Å². The summed E-state index contributed by atoms with van der Waals surface area (Å²) in [5, 5.41) is 0.794. The highest BCUT2D eigenvalue weighted by atomic mass is 35.5. The Hall–Kier alpha value is -1.64. The third kappa shape index (κ3) is 3.43. The van der Waals surface area contributed by atoms with Gasteiger partial charge in [0, 0.05) is 11.1 Å². The van der Waals surface area contributed by atoms with Crippen LogP contribution in [0.1, 0.15) is 22.8 Å².